The summed E-state index contributed by atoms with van der Waals surface area (Å²) in [6, 6.07) is 0. The molecule has 13 heavy (non-hydrogen) atoms. The number of aliphatic hydroxyl groups excluding tert-OH is 1. The van der Waals surface area contributed by atoms with Crippen LogP contribution in [-0.4, -0.2) is 44.8 Å². The molecule has 0 spiro atoms. The molecule has 1 saturated heterocycles. The highest BCUT2D eigenvalue weighted by Gasteiger charge is 2.21. The lowest BCUT2D eigenvalue weighted by molar-refractivity contribution is -0.146. The summed E-state index contributed by atoms with van der Waals surface area (Å²) >= 11 is 3.83. The van der Waals surface area contributed by atoms with Gasteiger partial charge < -0.3 is 10.2 Å². The summed E-state index contributed by atoms with van der Waals surface area (Å²) < 4.78 is 0. The Hall–Kier alpha value is 0.130. The molecule has 0 bridgehead atoms. The Morgan fingerprint density at radius 1 is 1.69 bits per heavy atom. The first-order chi connectivity index (χ1) is 6.20. The maximum atomic E-state index is 10.2. The third kappa shape index (κ3) is 5.44. The van der Waals surface area contributed by atoms with Crippen molar-refractivity contribution < 1.29 is 15.0 Å². The fraction of sp³-hybridized carbons (Fsp3) is 0.875. The molecule has 0 aromatic carbocycles. The number of aliphatic carboxylic acids is 1. The van der Waals surface area contributed by atoms with E-state index in [1.807, 2.05) is 23.5 Å². The third-order valence-electron chi connectivity index (χ3n) is 1.76. The lowest BCUT2D eigenvalue weighted by Gasteiger charge is -2.03. The minimum atomic E-state index is -1.17. The number of hydrogen-bond donors (Lipinski definition) is 2. The van der Waals surface area contributed by atoms with Crippen LogP contribution in [0.2, 0.25) is 0 Å². The van der Waals surface area contributed by atoms with Crippen molar-refractivity contribution in [3.8, 4) is 0 Å². The molecule has 0 radical (unpaired) electrons. The number of carboxylic acid groups (broad SMARTS) is 1. The Morgan fingerprint density at radius 2 is 2.38 bits per heavy atom. The fourth-order valence-electron chi connectivity index (χ4n) is 0.881. The molecule has 2 unspecified atom stereocenters. The lowest BCUT2D eigenvalue weighted by Crippen LogP contribution is -2.19. The largest absolute Gasteiger partial charge is 0.479 e. The highest BCUT2D eigenvalue weighted by atomic mass is 32.2. The van der Waals surface area contributed by atoms with Crippen LogP contribution in [0.4, 0.5) is 0 Å². The van der Waals surface area contributed by atoms with Crippen LogP contribution < -0.4 is 0 Å². The number of aliphatic hydroxyl groups is 1. The summed E-state index contributed by atoms with van der Waals surface area (Å²) in [4.78, 5) is 10.2. The van der Waals surface area contributed by atoms with Crippen molar-refractivity contribution in [2.45, 2.75) is 24.2 Å². The summed E-state index contributed by atoms with van der Waals surface area (Å²) in [6.45, 7) is 0. The zero-order valence-electron chi connectivity index (χ0n) is 7.31. The molecular formula is C8H14O3S2. The van der Waals surface area contributed by atoms with E-state index >= 15 is 0 Å². The highest BCUT2D eigenvalue weighted by molar-refractivity contribution is 8.08. The molecule has 0 saturated carbocycles. The first-order valence-electron chi connectivity index (χ1n) is 4.30. The Kier molecular flexibility index (Phi) is 4.98. The first-order valence-corrected chi connectivity index (χ1v) is 6.50. The molecule has 0 amide bonds. The van der Waals surface area contributed by atoms with E-state index in [1.165, 1.54) is 11.5 Å². The minimum Gasteiger partial charge on any atom is -0.479 e. The van der Waals surface area contributed by atoms with E-state index in [2.05, 4.69) is 0 Å². The van der Waals surface area contributed by atoms with Gasteiger partial charge in [-0.3, -0.25) is 0 Å². The second kappa shape index (κ2) is 5.78. The SMILES string of the molecule is O=C(O)C(O)CCCSCC1CS1. The minimum absolute atomic E-state index is 0.375. The molecule has 1 aliphatic rings. The van der Waals surface area contributed by atoms with Gasteiger partial charge in [-0.25, -0.2) is 4.79 Å². The summed E-state index contributed by atoms with van der Waals surface area (Å²) in [5.74, 6) is 2.31. The van der Waals surface area contributed by atoms with E-state index in [-0.39, 0.29) is 0 Å². The lowest BCUT2D eigenvalue weighted by atomic mass is 10.2. The molecule has 1 fully saturated rings. The molecule has 2 atom stereocenters. The number of hydrogen-bond acceptors (Lipinski definition) is 4. The molecular weight excluding hydrogens is 208 g/mol. The highest BCUT2D eigenvalue weighted by Crippen LogP contribution is 2.33. The van der Waals surface area contributed by atoms with Crippen molar-refractivity contribution in [2.75, 3.05) is 17.3 Å². The van der Waals surface area contributed by atoms with E-state index in [0.717, 1.165) is 17.4 Å². The van der Waals surface area contributed by atoms with Crippen molar-refractivity contribution in [3.63, 3.8) is 0 Å². The van der Waals surface area contributed by atoms with Gasteiger partial charge in [0.2, 0.25) is 0 Å². The number of rotatable bonds is 7. The van der Waals surface area contributed by atoms with Crippen LogP contribution in [0.15, 0.2) is 0 Å². The van der Waals surface area contributed by atoms with Gasteiger partial charge in [0.25, 0.3) is 0 Å². The Morgan fingerprint density at radius 3 is 2.92 bits per heavy atom. The van der Waals surface area contributed by atoms with E-state index in [1.54, 1.807) is 0 Å². The van der Waals surface area contributed by atoms with Crippen molar-refractivity contribution in [3.05, 3.63) is 0 Å². The van der Waals surface area contributed by atoms with Crippen LogP contribution >= 0.6 is 23.5 Å². The summed E-state index contributed by atoms with van der Waals surface area (Å²) in [7, 11) is 0. The maximum Gasteiger partial charge on any atom is 0.332 e. The van der Waals surface area contributed by atoms with E-state index in [4.69, 9.17) is 10.2 Å². The quantitative estimate of drug-likeness (QED) is 0.498. The van der Waals surface area contributed by atoms with Gasteiger partial charge in [-0.15, -0.1) is 0 Å². The maximum absolute atomic E-state index is 10.2. The number of carboxylic acids is 1. The molecule has 5 heteroatoms. The van der Waals surface area contributed by atoms with Gasteiger partial charge in [0.1, 0.15) is 0 Å². The predicted octanol–water partition coefficient (Wildman–Crippen LogP) is 1.06. The van der Waals surface area contributed by atoms with E-state index in [9.17, 15) is 4.79 Å². The Balaban J connectivity index is 1.84. The van der Waals surface area contributed by atoms with Crippen molar-refractivity contribution >= 4 is 29.5 Å². The molecule has 76 valence electrons. The van der Waals surface area contributed by atoms with Gasteiger partial charge in [0.15, 0.2) is 6.10 Å². The smallest absolute Gasteiger partial charge is 0.332 e. The second-order valence-electron chi connectivity index (χ2n) is 3.03. The normalized spacial score (nSPS) is 22.7. The first kappa shape index (κ1) is 11.2. The van der Waals surface area contributed by atoms with E-state index < -0.39 is 12.1 Å². The molecule has 1 heterocycles. The van der Waals surface area contributed by atoms with E-state index in [0.29, 0.717) is 6.42 Å². The van der Waals surface area contributed by atoms with Crippen LogP contribution in [0, 0.1) is 0 Å². The van der Waals surface area contributed by atoms with Gasteiger partial charge in [-0.1, -0.05) is 0 Å². The zero-order valence-corrected chi connectivity index (χ0v) is 8.94. The van der Waals surface area contributed by atoms with Gasteiger partial charge >= 0.3 is 5.97 Å². The number of thioether (sulfide) groups is 2. The average molecular weight is 222 g/mol. The number of carbonyl (C=O) groups is 1. The standard InChI is InChI=1S/C8H14O3S2/c9-7(8(10)11)2-1-3-12-4-6-5-13-6/h6-7,9H,1-5H2,(H,10,11). The third-order valence-corrected chi connectivity index (χ3v) is 4.16. The molecule has 2 N–H and O–H groups in total. The topological polar surface area (TPSA) is 57.5 Å². The summed E-state index contributed by atoms with van der Waals surface area (Å²) in [5, 5.41) is 18.2. The molecule has 0 aromatic rings. The van der Waals surface area contributed by atoms with Gasteiger partial charge in [0.05, 0.1) is 0 Å². The van der Waals surface area contributed by atoms with Gasteiger partial charge in [-0.2, -0.15) is 23.5 Å². The van der Waals surface area contributed by atoms with Crippen molar-refractivity contribution in [2.24, 2.45) is 0 Å². The van der Waals surface area contributed by atoms with Crippen molar-refractivity contribution in [1.82, 2.24) is 0 Å². The average Bonchev–Trinajstić information content (AvgIpc) is 2.87. The molecule has 0 aliphatic carbocycles. The monoisotopic (exact) mass is 222 g/mol. The summed E-state index contributed by atoms with van der Waals surface area (Å²) in [5.41, 5.74) is 0. The molecule has 1 aliphatic heterocycles. The summed E-state index contributed by atoms with van der Waals surface area (Å²) in [6.07, 6.45) is -0.00810. The van der Waals surface area contributed by atoms with Crippen molar-refractivity contribution in [1.29, 1.82) is 0 Å². The molecule has 0 aromatic heterocycles. The Labute approximate surface area is 86.3 Å². The zero-order chi connectivity index (χ0) is 9.68. The van der Waals surface area contributed by atoms with Crippen LogP contribution in [0.1, 0.15) is 12.8 Å². The fourth-order valence-corrected chi connectivity index (χ4v) is 2.88. The van der Waals surface area contributed by atoms with Crippen LogP contribution in [0.5, 0.6) is 0 Å². The molecule has 1 rings (SSSR count). The Bertz CT molecular complexity index is 171. The molecule has 3 nitrogen and oxygen atoms in total. The van der Waals surface area contributed by atoms with Crippen LogP contribution in [-0.2, 0) is 4.79 Å². The second-order valence-corrected chi connectivity index (χ2v) is 5.51. The van der Waals surface area contributed by atoms with Gasteiger partial charge in [-0.05, 0) is 18.6 Å². The van der Waals surface area contributed by atoms with Gasteiger partial charge in [0, 0.05) is 16.8 Å². The van der Waals surface area contributed by atoms with Crippen LogP contribution in [0.25, 0.3) is 0 Å². The predicted molar refractivity (Wildman–Crippen MR) is 56.4 cm³/mol. The van der Waals surface area contributed by atoms with Crippen LogP contribution in [0.3, 0.4) is 0 Å².